The third-order valence-electron chi connectivity index (χ3n) is 3.54. The molecule has 0 unspecified atom stereocenters. The largest absolute Gasteiger partial charge is 0.369 e. The first-order valence-electron chi connectivity index (χ1n) is 6.78. The fourth-order valence-electron chi connectivity index (χ4n) is 2.07. The minimum atomic E-state index is 0.556. The molecule has 0 atom stereocenters. The second-order valence-corrected chi connectivity index (χ2v) is 5.34. The van der Waals surface area contributed by atoms with Gasteiger partial charge in [0.05, 0.1) is 0 Å². The zero-order valence-corrected chi connectivity index (χ0v) is 12.2. The van der Waals surface area contributed by atoms with E-state index in [0.29, 0.717) is 12.0 Å². The molecular formula is C14H23N5. The molecule has 0 aliphatic heterocycles. The summed E-state index contributed by atoms with van der Waals surface area (Å²) in [5, 5.41) is 0. The molecule has 2 heterocycles. The maximum atomic E-state index is 5.98. The van der Waals surface area contributed by atoms with E-state index in [4.69, 9.17) is 5.73 Å². The van der Waals surface area contributed by atoms with Crippen LogP contribution in [0.2, 0.25) is 0 Å². The van der Waals surface area contributed by atoms with Gasteiger partial charge in [0.25, 0.3) is 0 Å². The van der Waals surface area contributed by atoms with Gasteiger partial charge in [0.2, 0.25) is 5.95 Å². The molecule has 104 valence electrons. The van der Waals surface area contributed by atoms with Crippen LogP contribution in [0.4, 0.5) is 5.95 Å². The van der Waals surface area contributed by atoms with Gasteiger partial charge in [0, 0.05) is 18.3 Å². The second-order valence-electron chi connectivity index (χ2n) is 5.34. The van der Waals surface area contributed by atoms with Crippen LogP contribution in [0.5, 0.6) is 0 Å². The summed E-state index contributed by atoms with van der Waals surface area (Å²) in [6.07, 6.45) is 1.04. The molecule has 5 heteroatoms. The highest BCUT2D eigenvalue weighted by Gasteiger charge is 2.10. The van der Waals surface area contributed by atoms with Crippen molar-refractivity contribution in [2.24, 2.45) is 0 Å². The van der Waals surface area contributed by atoms with E-state index >= 15 is 0 Å². The van der Waals surface area contributed by atoms with E-state index < -0.39 is 0 Å². The Morgan fingerprint density at radius 3 is 2.74 bits per heavy atom. The van der Waals surface area contributed by atoms with Gasteiger partial charge in [-0.25, -0.2) is 9.97 Å². The first-order valence-corrected chi connectivity index (χ1v) is 6.78. The Balaban J connectivity index is 2.12. The highest BCUT2D eigenvalue weighted by atomic mass is 15.2. The molecule has 0 aromatic carbocycles. The quantitative estimate of drug-likeness (QED) is 0.895. The highest BCUT2D eigenvalue weighted by Crippen LogP contribution is 2.16. The lowest BCUT2D eigenvalue weighted by Crippen LogP contribution is -2.28. The van der Waals surface area contributed by atoms with Crippen LogP contribution in [-0.4, -0.2) is 39.1 Å². The average Bonchev–Trinajstić information content (AvgIpc) is 2.65. The monoisotopic (exact) mass is 261 g/mol. The van der Waals surface area contributed by atoms with E-state index in [2.05, 4.69) is 35.8 Å². The lowest BCUT2D eigenvalue weighted by molar-refractivity contribution is 0.266. The van der Waals surface area contributed by atoms with Crippen molar-refractivity contribution in [3.05, 3.63) is 17.8 Å². The third kappa shape index (κ3) is 3.04. The Morgan fingerprint density at radius 2 is 2.05 bits per heavy atom. The summed E-state index contributed by atoms with van der Waals surface area (Å²) in [5.74, 6) is 0.556. The maximum absolute atomic E-state index is 5.98. The number of hydrogen-bond donors (Lipinski definition) is 1. The minimum absolute atomic E-state index is 0.556. The number of nitrogen functional groups attached to an aromatic ring is 1. The van der Waals surface area contributed by atoms with E-state index in [9.17, 15) is 0 Å². The Morgan fingerprint density at radius 1 is 1.32 bits per heavy atom. The van der Waals surface area contributed by atoms with E-state index in [-0.39, 0.29) is 0 Å². The maximum Gasteiger partial charge on any atom is 0.202 e. The summed E-state index contributed by atoms with van der Waals surface area (Å²) in [6, 6.07) is 4.51. The van der Waals surface area contributed by atoms with Crippen molar-refractivity contribution in [3.8, 4) is 0 Å². The molecule has 5 nitrogen and oxygen atoms in total. The fourth-order valence-corrected chi connectivity index (χ4v) is 2.07. The summed E-state index contributed by atoms with van der Waals surface area (Å²) in [4.78, 5) is 11.2. The van der Waals surface area contributed by atoms with Gasteiger partial charge in [-0.15, -0.1) is 0 Å². The van der Waals surface area contributed by atoms with Crippen LogP contribution in [0.1, 0.15) is 26.0 Å². The highest BCUT2D eigenvalue weighted by molar-refractivity contribution is 5.74. The van der Waals surface area contributed by atoms with Gasteiger partial charge in [-0.05, 0) is 52.9 Å². The zero-order valence-electron chi connectivity index (χ0n) is 12.2. The number of hydrogen-bond acceptors (Lipinski definition) is 4. The van der Waals surface area contributed by atoms with Crippen molar-refractivity contribution in [3.63, 3.8) is 0 Å². The number of nitrogens with zero attached hydrogens (tertiary/aromatic N) is 4. The normalized spacial score (nSPS) is 11.9. The number of imidazole rings is 1. The Kier molecular flexibility index (Phi) is 4.04. The molecule has 0 spiro atoms. The molecule has 0 aliphatic carbocycles. The number of fused-ring (bicyclic) bond motifs is 1. The third-order valence-corrected chi connectivity index (χ3v) is 3.54. The number of pyridine rings is 1. The SMILES string of the molecule is Cc1ccc2nc(N)n(CCCN(C)C(C)C)c2n1. The van der Waals surface area contributed by atoms with Crippen molar-refractivity contribution in [2.45, 2.75) is 39.8 Å². The number of anilines is 1. The number of aromatic nitrogens is 3. The van der Waals surface area contributed by atoms with Gasteiger partial charge in [0.1, 0.15) is 5.52 Å². The molecule has 2 aromatic heterocycles. The topological polar surface area (TPSA) is 60.0 Å². The second kappa shape index (κ2) is 5.57. The van der Waals surface area contributed by atoms with Crippen LogP contribution in [0.25, 0.3) is 11.2 Å². The molecule has 2 aromatic rings. The summed E-state index contributed by atoms with van der Waals surface area (Å²) in [7, 11) is 2.14. The molecular weight excluding hydrogens is 238 g/mol. The molecule has 0 saturated carbocycles. The van der Waals surface area contributed by atoms with Crippen LogP contribution in [0.3, 0.4) is 0 Å². The van der Waals surface area contributed by atoms with Gasteiger partial charge in [0.15, 0.2) is 5.65 Å². The van der Waals surface area contributed by atoms with Crippen molar-refractivity contribution in [2.75, 3.05) is 19.3 Å². The summed E-state index contributed by atoms with van der Waals surface area (Å²) in [6.45, 7) is 8.29. The molecule has 19 heavy (non-hydrogen) atoms. The Labute approximate surface area is 114 Å². The Bertz CT molecular complexity index is 558. The molecule has 2 N–H and O–H groups in total. The van der Waals surface area contributed by atoms with Crippen molar-refractivity contribution in [1.82, 2.24) is 19.4 Å². The van der Waals surface area contributed by atoms with Gasteiger partial charge >= 0.3 is 0 Å². The predicted octanol–water partition coefficient (Wildman–Crippen LogP) is 2.05. The van der Waals surface area contributed by atoms with Gasteiger partial charge in [-0.3, -0.25) is 4.57 Å². The van der Waals surface area contributed by atoms with Crippen LogP contribution in [0, 0.1) is 6.92 Å². The fraction of sp³-hybridized carbons (Fsp3) is 0.571. The average molecular weight is 261 g/mol. The summed E-state index contributed by atoms with van der Waals surface area (Å²) < 4.78 is 2.01. The molecule has 0 amide bonds. The lowest BCUT2D eigenvalue weighted by atomic mass is 10.3. The molecule has 0 aliphatic rings. The van der Waals surface area contributed by atoms with E-state index in [1.54, 1.807) is 0 Å². The zero-order chi connectivity index (χ0) is 14.0. The standard InChI is InChI=1S/C14H23N5/c1-10(2)18(4)8-5-9-19-13-12(17-14(19)15)7-6-11(3)16-13/h6-7,10H,5,8-9H2,1-4H3,(H2,15,17). The first-order chi connectivity index (χ1) is 8.99. The molecule has 0 saturated heterocycles. The van der Waals surface area contributed by atoms with E-state index in [1.807, 2.05) is 23.6 Å². The van der Waals surface area contributed by atoms with Crippen LogP contribution >= 0.6 is 0 Å². The number of rotatable bonds is 5. The van der Waals surface area contributed by atoms with Crippen LogP contribution in [-0.2, 0) is 6.54 Å². The number of nitrogens with two attached hydrogens (primary N) is 1. The molecule has 0 fully saturated rings. The number of aryl methyl sites for hydroxylation is 2. The summed E-state index contributed by atoms with van der Waals surface area (Å²) >= 11 is 0. The minimum Gasteiger partial charge on any atom is -0.369 e. The molecule has 0 radical (unpaired) electrons. The molecule has 2 rings (SSSR count). The van der Waals surface area contributed by atoms with Gasteiger partial charge in [-0.1, -0.05) is 0 Å². The van der Waals surface area contributed by atoms with Gasteiger partial charge < -0.3 is 10.6 Å². The van der Waals surface area contributed by atoms with E-state index in [0.717, 1.165) is 36.4 Å². The Hall–Kier alpha value is -1.62. The van der Waals surface area contributed by atoms with Crippen LogP contribution < -0.4 is 5.73 Å². The van der Waals surface area contributed by atoms with Crippen LogP contribution in [0.15, 0.2) is 12.1 Å². The van der Waals surface area contributed by atoms with Gasteiger partial charge in [-0.2, -0.15) is 0 Å². The van der Waals surface area contributed by atoms with Crippen molar-refractivity contribution in [1.29, 1.82) is 0 Å². The van der Waals surface area contributed by atoms with E-state index in [1.165, 1.54) is 0 Å². The molecule has 0 bridgehead atoms. The van der Waals surface area contributed by atoms with Crippen molar-refractivity contribution >= 4 is 17.1 Å². The summed E-state index contributed by atoms with van der Waals surface area (Å²) in [5.41, 5.74) is 8.74. The lowest BCUT2D eigenvalue weighted by Gasteiger charge is -2.20. The van der Waals surface area contributed by atoms with Crippen molar-refractivity contribution < 1.29 is 0 Å². The first kappa shape index (κ1) is 13.8. The smallest absolute Gasteiger partial charge is 0.202 e. The predicted molar refractivity (Wildman–Crippen MR) is 79.1 cm³/mol.